The average Bonchev–Trinajstić information content (AvgIpc) is 2.69. The normalized spacial score (nSPS) is 10.3. The SMILES string of the molecule is CCCCn1cc[n+](CCCC#N)c1CC. The second-order valence-electron chi connectivity index (χ2n) is 4.07. The molecule has 0 aliphatic heterocycles. The molecular formula is C13H22N3+. The minimum absolute atomic E-state index is 0.649. The zero-order valence-electron chi connectivity index (χ0n) is 10.4. The number of aromatic nitrogens is 2. The van der Waals surface area contributed by atoms with Crippen LogP contribution in [0.1, 0.15) is 45.4 Å². The van der Waals surface area contributed by atoms with Crippen molar-refractivity contribution in [3.8, 4) is 6.07 Å². The molecule has 3 heteroatoms. The first-order valence-corrected chi connectivity index (χ1v) is 6.27. The van der Waals surface area contributed by atoms with Crippen LogP contribution in [-0.2, 0) is 19.5 Å². The van der Waals surface area contributed by atoms with E-state index in [2.05, 4.69) is 41.4 Å². The third-order valence-electron chi connectivity index (χ3n) is 2.85. The van der Waals surface area contributed by atoms with Crippen LogP contribution < -0.4 is 4.57 Å². The average molecular weight is 220 g/mol. The molecule has 0 unspecified atom stereocenters. The van der Waals surface area contributed by atoms with Gasteiger partial charge in [0, 0.05) is 12.8 Å². The summed E-state index contributed by atoms with van der Waals surface area (Å²) in [6.07, 6.45) is 9.44. The second-order valence-corrected chi connectivity index (χ2v) is 4.07. The van der Waals surface area contributed by atoms with Crippen molar-refractivity contribution in [3.05, 3.63) is 18.2 Å². The van der Waals surface area contributed by atoms with Gasteiger partial charge in [-0.1, -0.05) is 20.3 Å². The van der Waals surface area contributed by atoms with E-state index in [1.54, 1.807) is 0 Å². The lowest BCUT2D eigenvalue weighted by molar-refractivity contribution is -0.704. The molecule has 16 heavy (non-hydrogen) atoms. The molecule has 0 radical (unpaired) electrons. The van der Waals surface area contributed by atoms with E-state index in [9.17, 15) is 0 Å². The molecule has 0 saturated carbocycles. The van der Waals surface area contributed by atoms with Crippen LogP contribution in [0.15, 0.2) is 12.4 Å². The van der Waals surface area contributed by atoms with Crippen molar-refractivity contribution in [3.63, 3.8) is 0 Å². The lowest BCUT2D eigenvalue weighted by Gasteiger charge is -2.01. The van der Waals surface area contributed by atoms with E-state index < -0.39 is 0 Å². The summed E-state index contributed by atoms with van der Waals surface area (Å²) < 4.78 is 4.63. The quantitative estimate of drug-likeness (QED) is 0.513. The van der Waals surface area contributed by atoms with Crippen LogP contribution >= 0.6 is 0 Å². The molecule has 88 valence electrons. The van der Waals surface area contributed by atoms with Crippen molar-refractivity contribution in [2.45, 2.75) is 59.0 Å². The minimum atomic E-state index is 0.649. The van der Waals surface area contributed by atoms with Crippen molar-refractivity contribution in [2.24, 2.45) is 0 Å². The van der Waals surface area contributed by atoms with Gasteiger partial charge in [-0.05, 0) is 12.8 Å². The van der Waals surface area contributed by atoms with Crippen molar-refractivity contribution in [1.29, 1.82) is 5.26 Å². The molecule has 0 bridgehead atoms. The molecule has 0 fully saturated rings. The van der Waals surface area contributed by atoms with E-state index in [0.29, 0.717) is 6.42 Å². The Labute approximate surface area is 98.3 Å². The van der Waals surface area contributed by atoms with Gasteiger partial charge in [-0.15, -0.1) is 0 Å². The summed E-state index contributed by atoms with van der Waals surface area (Å²) in [6, 6.07) is 2.20. The van der Waals surface area contributed by atoms with Gasteiger partial charge in [0.05, 0.1) is 19.2 Å². The topological polar surface area (TPSA) is 32.6 Å². The maximum absolute atomic E-state index is 8.53. The number of hydrogen-bond donors (Lipinski definition) is 0. The molecule has 0 atom stereocenters. The molecule has 0 aliphatic carbocycles. The Morgan fingerprint density at radius 1 is 1.38 bits per heavy atom. The Morgan fingerprint density at radius 3 is 2.81 bits per heavy atom. The van der Waals surface area contributed by atoms with Crippen molar-refractivity contribution in [2.75, 3.05) is 0 Å². The highest BCUT2D eigenvalue weighted by Gasteiger charge is 2.13. The molecule has 0 aromatic carbocycles. The van der Waals surface area contributed by atoms with Gasteiger partial charge in [0.2, 0.25) is 0 Å². The van der Waals surface area contributed by atoms with E-state index >= 15 is 0 Å². The predicted octanol–water partition coefficient (Wildman–Crippen LogP) is 2.44. The zero-order chi connectivity index (χ0) is 11.8. The molecule has 3 nitrogen and oxygen atoms in total. The van der Waals surface area contributed by atoms with E-state index in [-0.39, 0.29) is 0 Å². The van der Waals surface area contributed by atoms with Crippen LogP contribution in [0, 0.1) is 11.3 Å². The Hall–Kier alpha value is -1.30. The lowest BCUT2D eigenvalue weighted by atomic mass is 10.3. The van der Waals surface area contributed by atoms with Crippen LogP contribution in [0.2, 0.25) is 0 Å². The summed E-state index contributed by atoms with van der Waals surface area (Å²) in [5, 5.41) is 8.53. The highest BCUT2D eigenvalue weighted by atomic mass is 15.1. The van der Waals surface area contributed by atoms with Gasteiger partial charge in [0.25, 0.3) is 5.82 Å². The van der Waals surface area contributed by atoms with Crippen LogP contribution in [-0.4, -0.2) is 4.57 Å². The molecule has 1 aromatic rings. The van der Waals surface area contributed by atoms with E-state index in [1.807, 2.05) is 0 Å². The van der Waals surface area contributed by atoms with E-state index in [4.69, 9.17) is 5.26 Å². The molecule has 0 spiro atoms. The summed E-state index contributed by atoms with van der Waals surface area (Å²) in [4.78, 5) is 0. The fourth-order valence-electron chi connectivity index (χ4n) is 1.97. The van der Waals surface area contributed by atoms with Crippen LogP contribution in [0.4, 0.5) is 0 Å². The maximum atomic E-state index is 8.53. The number of aryl methyl sites for hydroxylation is 2. The van der Waals surface area contributed by atoms with Gasteiger partial charge in [-0.2, -0.15) is 5.26 Å². The summed E-state index contributed by atoms with van der Waals surface area (Å²) in [7, 11) is 0. The predicted molar refractivity (Wildman–Crippen MR) is 63.8 cm³/mol. The first-order chi connectivity index (χ1) is 7.83. The lowest BCUT2D eigenvalue weighted by Crippen LogP contribution is -2.37. The highest BCUT2D eigenvalue weighted by molar-refractivity contribution is 4.83. The molecule has 0 saturated heterocycles. The molecular weight excluding hydrogens is 198 g/mol. The fourth-order valence-corrected chi connectivity index (χ4v) is 1.97. The molecule has 1 aromatic heterocycles. The van der Waals surface area contributed by atoms with Gasteiger partial charge in [0.1, 0.15) is 12.4 Å². The zero-order valence-corrected chi connectivity index (χ0v) is 10.4. The number of imidazole rings is 1. The summed E-state index contributed by atoms with van der Waals surface area (Å²) >= 11 is 0. The third-order valence-corrected chi connectivity index (χ3v) is 2.85. The number of nitrogens with zero attached hydrogens (tertiary/aromatic N) is 3. The van der Waals surface area contributed by atoms with Gasteiger partial charge < -0.3 is 0 Å². The van der Waals surface area contributed by atoms with Crippen molar-refractivity contribution in [1.82, 2.24) is 4.57 Å². The Kier molecular flexibility index (Phi) is 5.63. The number of rotatable bonds is 7. The summed E-state index contributed by atoms with van der Waals surface area (Å²) in [5.74, 6) is 1.38. The third kappa shape index (κ3) is 3.37. The monoisotopic (exact) mass is 220 g/mol. The molecule has 0 N–H and O–H groups in total. The minimum Gasteiger partial charge on any atom is -0.234 e. The number of nitriles is 1. The highest BCUT2D eigenvalue weighted by Crippen LogP contribution is 2.01. The summed E-state index contributed by atoms with van der Waals surface area (Å²) in [6.45, 7) is 6.50. The van der Waals surface area contributed by atoms with Crippen LogP contribution in [0.3, 0.4) is 0 Å². The first kappa shape index (κ1) is 12.8. The largest absolute Gasteiger partial charge is 0.256 e. The maximum Gasteiger partial charge on any atom is 0.256 e. The number of unbranched alkanes of at least 4 members (excludes halogenated alkanes) is 2. The Balaban J connectivity index is 2.63. The van der Waals surface area contributed by atoms with Crippen LogP contribution in [0.25, 0.3) is 0 Å². The van der Waals surface area contributed by atoms with Gasteiger partial charge in [0.15, 0.2) is 0 Å². The van der Waals surface area contributed by atoms with E-state index in [0.717, 1.165) is 25.9 Å². The van der Waals surface area contributed by atoms with Gasteiger partial charge in [-0.3, -0.25) is 0 Å². The summed E-state index contributed by atoms with van der Waals surface area (Å²) in [5.41, 5.74) is 0. The van der Waals surface area contributed by atoms with Crippen LogP contribution in [0.5, 0.6) is 0 Å². The molecule has 0 amide bonds. The standard InChI is InChI=1S/C13H22N3/c1-3-5-9-15-11-12-16(13(15)4-2)10-7-6-8-14/h11-12H,3-7,9-10H2,1-2H3/q+1. The molecule has 0 aliphatic rings. The smallest absolute Gasteiger partial charge is 0.234 e. The first-order valence-electron chi connectivity index (χ1n) is 6.27. The second kappa shape index (κ2) is 7.05. The number of hydrogen-bond acceptors (Lipinski definition) is 1. The fraction of sp³-hybridized carbons (Fsp3) is 0.692. The van der Waals surface area contributed by atoms with Gasteiger partial charge in [-0.25, -0.2) is 9.13 Å². The van der Waals surface area contributed by atoms with Gasteiger partial charge >= 0.3 is 0 Å². The Morgan fingerprint density at radius 2 is 2.19 bits per heavy atom. The molecule has 1 heterocycles. The van der Waals surface area contributed by atoms with E-state index in [1.165, 1.54) is 18.7 Å². The molecule has 1 rings (SSSR count). The van der Waals surface area contributed by atoms with Crippen molar-refractivity contribution >= 4 is 0 Å². The Bertz CT molecular complexity index is 347. The van der Waals surface area contributed by atoms with Crippen molar-refractivity contribution < 1.29 is 4.57 Å².